The summed E-state index contributed by atoms with van der Waals surface area (Å²) in [7, 11) is 0. The van der Waals surface area contributed by atoms with Crippen LogP contribution in [0.5, 0.6) is 0 Å². The molecule has 1 aliphatic rings. The van der Waals surface area contributed by atoms with Crippen LogP contribution in [0, 0.1) is 11.6 Å². The Balaban J connectivity index is 1.68. The number of halogens is 2. The average molecular weight is 311 g/mol. The van der Waals surface area contributed by atoms with Gasteiger partial charge in [0.25, 0.3) is 5.89 Å². The highest BCUT2D eigenvalue weighted by molar-refractivity contribution is 7.99. The number of benzene rings is 1. The van der Waals surface area contributed by atoms with Gasteiger partial charge in [0.1, 0.15) is 17.2 Å². The molecule has 1 fully saturated rings. The van der Waals surface area contributed by atoms with E-state index in [0.717, 1.165) is 12.2 Å². The molecule has 4 nitrogen and oxygen atoms in total. The van der Waals surface area contributed by atoms with Crippen LogP contribution in [-0.2, 0) is 6.54 Å². The number of thioether (sulfide) groups is 1. The van der Waals surface area contributed by atoms with Gasteiger partial charge in [-0.25, -0.2) is 8.78 Å². The van der Waals surface area contributed by atoms with Crippen LogP contribution >= 0.6 is 11.8 Å². The standard InChI is InChI=1S/C14H15F2N3OS/c15-10-4-1-5-11(16)13(10)14-18-12(19-20-14)7-17-9-3-2-6-21-8-9/h1,4-5,9,17H,2-3,6-8H2. The lowest BCUT2D eigenvalue weighted by Gasteiger charge is -2.21. The molecule has 1 aliphatic heterocycles. The van der Waals surface area contributed by atoms with Gasteiger partial charge in [0, 0.05) is 11.8 Å². The lowest BCUT2D eigenvalue weighted by atomic mass is 10.2. The Hall–Kier alpha value is -1.47. The second-order valence-electron chi connectivity index (χ2n) is 4.91. The van der Waals surface area contributed by atoms with Crippen molar-refractivity contribution >= 4 is 11.8 Å². The Kier molecular flexibility index (Phi) is 4.50. The molecule has 112 valence electrons. The van der Waals surface area contributed by atoms with Gasteiger partial charge in [0.15, 0.2) is 5.82 Å². The highest BCUT2D eigenvalue weighted by Gasteiger charge is 2.19. The summed E-state index contributed by atoms with van der Waals surface area (Å²) in [6.07, 6.45) is 2.32. The van der Waals surface area contributed by atoms with E-state index in [1.165, 1.54) is 30.4 Å². The van der Waals surface area contributed by atoms with Gasteiger partial charge in [0.2, 0.25) is 0 Å². The molecule has 1 saturated heterocycles. The number of hydrogen-bond acceptors (Lipinski definition) is 5. The second kappa shape index (κ2) is 6.53. The molecule has 3 rings (SSSR count). The van der Waals surface area contributed by atoms with Crippen LogP contribution in [-0.4, -0.2) is 27.7 Å². The van der Waals surface area contributed by atoms with Crippen molar-refractivity contribution in [2.45, 2.75) is 25.4 Å². The van der Waals surface area contributed by atoms with Crippen LogP contribution in [0.3, 0.4) is 0 Å². The molecule has 1 aromatic heterocycles. The predicted molar refractivity (Wildman–Crippen MR) is 76.8 cm³/mol. The van der Waals surface area contributed by atoms with Crippen LogP contribution in [0.1, 0.15) is 18.7 Å². The molecule has 0 amide bonds. The predicted octanol–water partition coefficient (Wildman–Crippen LogP) is 3.00. The Morgan fingerprint density at radius 1 is 1.33 bits per heavy atom. The largest absolute Gasteiger partial charge is 0.334 e. The summed E-state index contributed by atoms with van der Waals surface area (Å²) in [5.74, 6) is 1.14. The zero-order valence-corrected chi connectivity index (χ0v) is 12.1. The molecular formula is C14H15F2N3OS. The van der Waals surface area contributed by atoms with Crippen molar-refractivity contribution in [3.8, 4) is 11.5 Å². The third-order valence-electron chi connectivity index (χ3n) is 3.35. The molecule has 1 N–H and O–H groups in total. The zero-order chi connectivity index (χ0) is 14.7. The molecule has 0 saturated carbocycles. The number of aromatic nitrogens is 2. The molecule has 0 spiro atoms. The first-order chi connectivity index (χ1) is 10.2. The summed E-state index contributed by atoms with van der Waals surface area (Å²) in [5, 5.41) is 7.11. The molecule has 21 heavy (non-hydrogen) atoms. The summed E-state index contributed by atoms with van der Waals surface area (Å²) in [6.45, 7) is 0.435. The van der Waals surface area contributed by atoms with Gasteiger partial charge >= 0.3 is 0 Å². The number of hydrogen-bond donors (Lipinski definition) is 1. The molecule has 1 atom stereocenters. The highest BCUT2D eigenvalue weighted by atomic mass is 32.2. The van der Waals surface area contributed by atoms with E-state index in [1.54, 1.807) is 0 Å². The van der Waals surface area contributed by atoms with Gasteiger partial charge in [-0.1, -0.05) is 11.2 Å². The molecule has 1 aromatic carbocycles. The maximum atomic E-state index is 13.6. The number of nitrogens with one attached hydrogen (secondary N) is 1. The van der Waals surface area contributed by atoms with E-state index in [9.17, 15) is 8.78 Å². The minimum absolute atomic E-state index is 0.125. The van der Waals surface area contributed by atoms with Crippen LogP contribution < -0.4 is 5.32 Å². The first kappa shape index (κ1) is 14.5. The smallest absolute Gasteiger partial charge is 0.263 e. The van der Waals surface area contributed by atoms with E-state index in [0.29, 0.717) is 18.4 Å². The van der Waals surface area contributed by atoms with Gasteiger partial charge < -0.3 is 9.84 Å². The summed E-state index contributed by atoms with van der Waals surface area (Å²) in [6, 6.07) is 4.06. The van der Waals surface area contributed by atoms with Crippen molar-refractivity contribution < 1.29 is 13.3 Å². The van der Waals surface area contributed by atoms with E-state index >= 15 is 0 Å². The molecule has 1 unspecified atom stereocenters. The molecule has 0 aliphatic carbocycles. The Labute approximate surface area is 125 Å². The maximum absolute atomic E-state index is 13.6. The highest BCUT2D eigenvalue weighted by Crippen LogP contribution is 2.24. The first-order valence-electron chi connectivity index (χ1n) is 6.82. The van der Waals surface area contributed by atoms with Crippen molar-refractivity contribution in [1.29, 1.82) is 0 Å². The van der Waals surface area contributed by atoms with E-state index < -0.39 is 11.6 Å². The third kappa shape index (κ3) is 3.41. The van der Waals surface area contributed by atoms with E-state index in [4.69, 9.17) is 4.52 Å². The van der Waals surface area contributed by atoms with Crippen molar-refractivity contribution in [3.05, 3.63) is 35.7 Å². The molecule has 0 radical (unpaired) electrons. The first-order valence-corrected chi connectivity index (χ1v) is 7.97. The van der Waals surface area contributed by atoms with Crippen LogP contribution in [0.2, 0.25) is 0 Å². The van der Waals surface area contributed by atoms with Gasteiger partial charge in [-0.05, 0) is 30.7 Å². The second-order valence-corrected chi connectivity index (χ2v) is 6.06. The molecule has 0 bridgehead atoms. The third-order valence-corrected chi connectivity index (χ3v) is 4.57. The van der Waals surface area contributed by atoms with Gasteiger partial charge in [0.05, 0.1) is 6.54 Å². The SMILES string of the molecule is Fc1cccc(F)c1-c1nc(CNC2CCCSC2)no1. The van der Waals surface area contributed by atoms with Crippen molar-refractivity contribution in [2.75, 3.05) is 11.5 Å². The Bertz CT molecular complexity index is 594. The summed E-state index contributed by atoms with van der Waals surface area (Å²) in [5.41, 5.74) is -0.274. The average Bonchev–Trinajstić information content (AvgIpc) is 2.95. The molecular weight excluding hydrogens is 296 g/mol. The fourth-order valence-corrected chi connectivity index (χ4v) is 3.37. The van der Waals surface area contributed by atoms with Crippen molar-refractivity contribution in [2.24, 2.45) is 0 Å². The van der Waals surface area contributed by atoms with Crippen LogP contribution in [0.25, 0.3) is 11.5 Å². The number of nitrogens with zero attached hydrogens (tertiary/aromatic N) is 2. The van der Waals surface area contributed by atoms with E-state index in [-0.39, 0.29) is 11.5 Å². The van der Waals surface area contributed by atoms with Gasteiger partial charge in [-0.15, -0.1) is 0 Å². The fourth-order valence-electron chi connectivity index (χ4n) is 2.27. The lowest BCUT2D eigenvalue weighted by Crippen LogP contribution is -2.33. The monoisotopic (exact) mass is 311 g/mol. The minimum atomic E-state index is -0.707. The zero-order valence-electron chi connectivity index (χ0n) is 11.3. The minimum Gasteiger partial charge on any atom is -0.334 e. The Morgan fingerprint density at radius 3 is 2.86 bits per heavy atom. The van der Waals surface area contributed by atoms with E-state index in [2.05, 4.69) is 15.5 Å². The Morgan fingerprint density at radius 2 is 2.14 bits per heavy atom. The fraction of sp³-hybridized carbons (Fsp3) is 0.429. The molecule has 7 heteroatoms. The number of rotatable bonds is 4. The van der Waals surface area contributed by atoms with Gasteiger partial charge in [-0.2, -0.15) is 16.7 Å². The normalized spacial score (nSPS) is 18.9. The molecule has 2 heterocycles. The van der Waals surface area contributed by atoms with Crippen molar-refractivity contribution in [1.82, 2.24) is 15.5 Å². The van der Waals surface area contributed by atoms with Crippen LogP contribution in [0.15, 0.2) is 22.7 Å². The van der Waals surface area contributed by atoms with E-state index in [1.807, 2.05) is 11.8 Å². The lowest BCUT2D eigenvalue weighted by molar-refractivity contribution is 0.409. The van der Waals surface area contributed by atoms with Gasteiger partial charge in [-0.3, -0.25) is 0 Å². The molecule has 2 aromatic rings. The topological polar surface area (TPSA) is 51.0 Å². The summed E-state index contributed by atoms with van der Waals surface area (Å²) in [4.78, 5) is 4.06. The van der Waals surface area contributed by atoms with Crippen LogP contribution in [0.4, 0.5) is 8.78 Å². The maximum Gasteiger partial charge on any atom is 0.263 e. The summed E-state index contributed by atoms with van der Waals surface area (Å²) < 4.78 is 32.2. The van der Waals surface area contributed by atoms with Crippen molar-refractivity contribution in [3.63, 3.8) is 0 Å². The summed E-state index contributed by atoms with van der Waals surface area (Å²) >= 11 is 1.92. The quantitative estimate of drug-likeness (QED) is 0.940.